The van der Waals surface area contributed by atoms with Crippen LogP contribution in [0, 0.1) is 0 Å². The largest absolute Gasteiger partial charge is 0.454 e. The maximum absolute atomic E-state index is 5.40. The molecule has 0 spiro atoms. The quantitative estimate of drug-likeness (QED) is 0.757. The summed E-state index contributed by atoms with van der Waals surface area (Å²) in [7, 11) is 0. The fraction of sp³-hybridized carbons (Fsp3) is 0.300. The maximum atomic E-state index is 5.40. The van der Waals surface area contributed by atoms with Gasteiger partial charge in [-0.25, -0.2) is 0 Å². The van der Waals surface area contributed by atoms with Gasteiger partial charge < -0.3 is 18.9 Å². The van der Waals surface area contributed by atoms with E-state index in [1.54, 1.807) is 0 Å². The zero-order chi connectivity index (χ0) is 18.8. The molecule has 0 amide bonds. The van der Waals surface area contributed by atoms with Crippen molar-refractivity contribution in [1.29, 1.82) is 0 Å². The number of piperazine rings is 1. The van der Waals surface area contributed by atoms with E-state index in [0.717, 1.165) is 60.3 Å². The minimum Gasteiger partial charge on any atom is -0.454 e. The lowest BCUT2D eigenvalue weighted by molar-refractivity contribution is 0.141. The van der Waals surface area contributed by atoms with E-state index in [9.17, 15) is 0 Å². The molecule has 0 aliphatic carbocycles. The van der Waals surface area contributed by atoms with Crippen molar-refractivity contribution >= 4 is 12.4 Å². The number of hydrazone groups is 2. The molecule has 1 fully saturated rings. The summed E-state index contributed by atoms with van der Waals surface area (Å²) in [6, 6.07) is 11.7. The zero-order valence-corrected chi connectivity index (χ0v) is 15.3. The summed E-state index contributed by atoms with van der Waals surface area (Å²) < 4.78 is 21.5. The molecule has 3 heterocycles. The van der Waals surface area contributed by atoms with E-state index < -0.39 is 0 Å². The van der Waals surface area contributed by atoms with Crippen molar-refractivity contribution in [3.05, 3.63) is 47.5 Å². The van der Waals surface area contributed by atoms with E-state index >= 15 is 0 Å². The van der Waals surface area contributed by atoms with E-state index in [-0.39, 0.29) is 13.6 Å². The summed E-state index contributed by atoms with van der Waals surface area (Å²) >= 11 is 0. The normalized spacial score (nSPS) is 17.9. The van der Waals surface area contributed by atoms with Crippen LogP contribution in [0.25, 0.3) is 0 Å². The van der Waals surface area contributed by atoms with Crippen molar-refractivity contribution in [2.45, 2.75) is 0 Å². The van der Waals surface area contributed by atoms with Crippen molar-refractivity contribution < 1.29 is 18.9 Å². The van der Waals surface area contributed by atoms with Crippen molar-refractivity contribution in [3.8, 4) is 23.0 Å². The standard InChI is InChI=1S/C20H20N4O4/c1-3-17-19(27-13-25-17)9-15(1)11-21-23-5-7-24(8-6-23)22-12-16-2-4-18-20(10-16)28-14-26-18/h1-4,9-12H,5-8,13-14H2/b21-11+,22-12+. The molecule has 0 aromatic heterocycles. The van der Waals surface area contributed by atoms with Gasteiger partial charge in [0.05, 0.1) is 38.6 Å². The Morgan fingerprint density at radius 3 is 1.50 bits per heavy atom. The van der Waals surface area contributed by atoms with Gasteiger partial charge in [0.15, 0.2) is 23.0 Å². The van der Waals surface area contributed by atoms with Crippen molar-refractivity contribution in [2.24, 2.45) is 10.2 Å². The Hall–Kier alpha value is -3.42. The number of hydrogen-bond acceptors (Lipinski definition) is 8. The molecular weight excluding hydrogens is 360 g/mol. The molecule has 0 unspecified atom stereocenters. The predicted molar refractivity (Wildman–Crippen MR) is 103 cm³/mol. The molecule has 2 aromatic rings. The van der Waals surface area contributed by atoms with Gasteiger partial charge in [-0.2, -0.15) is 10.2 Å². The molecule has 8 nitrogen and oxygen atoms in total. The van der Waals surface area contributed by atoms with Gasteiger partial charge in [-0.3, -0.25) is 10.0 Å². The second-order valence-corrected chi connectivity index (χ2v) is 6.62. The van der Waals surface area contributed by atoms with Crippen molar-refractivity contribution in [3.63, 3.8) is 0 Å². The van der Waals surface area contributed by atoms with Crippen LogP contribution < -0.4 is 18.9 Å². The maximum Gasteiger partial charge on any atom is 0.231 e. The Kier molecular flexibility index (Phi) is 4.36. The van der Waals surface area contributed by atoms with Gasteiger partial charge in [0.2, 0.25) is 13.6 Å². The van der Waals surface area contributed by atoms with E-state index in [4.69, 9.17) is 18.9 Å². The summed E-state index contributed by atoms with van der Waals surface area (Å²) in [5.74, 6) is 3.11. The molecular formula is C20H20N4O4. The summed E-state index contributed by atoms with van der Waals surface area (Å²) in [4.78, 5) is 0. The number of hydrogen-bond donors (Lipinski definition) is 0. The highest BCUT2D eigenvalue weighted by Crippen LogP contribution is 2.32. The molecule has 0 saturated carbocycles. The first-order chi connectivity index (χ1) is 13.8. The van der Waals surface area contributed by atoms with E-state index in [2.05, 4.69) is 20.2 Å². The van der Waals surface area contributed by atoms with Crippen LogP contribution in [0.5, 0.6) is 23.0 Å². The van der Waals surface area contributed by atoms with E-state index in [1.165, 1.54) is 0 Å². The summed E-state index contributed by atoms with van der Waals surface area (Å²) in [5, 5.41) is 13.3. The molecule has 0 bridgehead atoms. The third-order valence-electron chi connectivity index (χ3n) is 4.77. The first-order valence-corrected chi connectivity index (χ1v) is 9.21. The van der Waals surface area contributed by atoms with Crippen LogP contribution in [0.4, 0.5) is 0 Å². The Balaban J connectivity index is 1.14. The molecule has 0 N–H and O–H groups in total. The average molecular weight is 380 g/mol. The number of benzene rings is 2. The third kappa shape index (κ3) is 3.53. The SMILES string of the molecule is C(=N\N1CCN(/N=C/c2ccc3c(c2)OCO3)CC1)/c1ccc2c(c1)OCO2. The van der Waals surface area contributed by atoms with Crippen LogP contribution in [-0.4, -0.2) is 62.2 Å². The lowest BCUT2D eigenvalue weighted by Gasteiger charge is -2.31. The molecule has 8 heteroatoms. The average Bonchev–Trinajstić information content (AvgIpc) is 3.39. The van der Waals surface area contributed by atoms with Gasteiger partial charge in [0, 0.05) is 0 Å². The summed E-state index contributed by atoms with van der Waals surface area (Å²) in [6.45, 7) is 3.84. The smallest absolute Gasteiger partial charge is 0.231 e. The third-order valence-corrected chi connectivity index (χ3v) is 4.77. The zero-order valence-electron chi connectivity index (χ0n) is 15.3. The number of fused-ring (bicyclic) bond motifs is 2. The molecule has 1 saturated heterocycles. The Morgan fingerprint density at radius 2 is 1.04 bits per heavy atom. The molecule has 3 aliphatic rings. The molecule has 0 atom stereocenters. The number of rotatable bonds is 4. The van der Waals surface area contributed by atoms with Gasteiger partial charge in [0.1, 0.15) is 0 Å². The van der Waals surface area contributed by atoms with Crippen molar-refractivity contribution in [1.82, 2.24) is 10.0 Å². The fourth-order valence-corrected chi connectivity index (χ4v) is 3.20. The van der Waals surface area contributed by atoms with E-state index in [0.29, 0.717) is 0 Å². The Bertz CT molecular complexity index is 847. The lowest BCUT2D eigenvalue weighted by Crippen LogP contribution is -2.41. The first-order valence-electron chi connectivity index (χ1n) is 9.21. The van der Waals surface area contributed by atoms with Crippen LogP contribution in [0.1, 0.15) is 11.1 Å². The van der Waals surface area contributed by atoms with Gasteiger partial charge in [0.25, 0.3) is 0 Å². The highest BCUT2D eigenvalue weighted by atomic mass is 16.7. The Morgan fingerprint density at radius 1 is 0.607 bits per heavy atom. The van der Waals surface area contributed by atoms with Gasteiger partial charge in [-0.15, -0.1) is 0 Å². The Labute approximate surface area is 162 Å². The minimum absolute atomic E-state index is 0.282. The molecule has 0 radical (unpaired) electrons. The van der Waals surface area contributed by atoms with Gasteiger partial charge in [-0.1, -0.05) is 0 Å². The number of nitrogens with zero attached hydrogens (tertiary/aromatic N) is 4. The molecule has 5 rings (SSSR count). The second kappa shape index (κ2) is 7.30. The van der Waals surface area contributed by atoms with Crippen LogP contribution in [0.2, 0.25) is 0 Å². The summed E-state index contributed by atoms with van der Waals surface area (Å²) in [5.41, 5.74) is 1.99. The molecule has 144 valence electrons. The van der Waals surface area contributed by atoms with Gasteiger partial charge in [-0.05, 0) is 47.5 Å². The first kappa shape index (κ1) is 16.7. The van der Waals surface area contributed by atoms with E-state index in [1.807, 2.05) is 48.8 Å². The van der Waals surface area contributed by atoms with Crippen LogP contribution in [-0.2, 0) is 0 Å². The highest BCUT2D eigenvalue weighted by Gasteiger charge is 2.15. The monoisotopic (exact) mass is 380 g/mol. The van der Waals surface area contributed by atoms with Gasteiger partial charge >= 0.3 is 0 Å². The minimum atomic E-state index is 0.282. The van der Waals surface area contributed by atoms with Crippen LogP contribution in [0.15, 0.2) is 46.6 Å². The molecule has 3 aliphatic heterocycles. The lowest BCUT2D eigenvalue weighted by atomic mass is 10.2. The topological polar surface area (TPSA) is 68.1 Å². The fourth-order valence-electron chi connectivity index (χ4n) is 3.20. The highest BCUT2D eigenvalue weighted by molar-refractivity contribution is 5.81. The van der Waals surface area contributed by atoms with Crippen LogP contribution in [0.3, 0.4) is 0 Å². The second-order valence-electron chi connectivity index (χ2n) is 6.62. The molecule has 28 heavy (non-hydrogen) atoms. The summed E-state index contributed by atoms with van der Waals surface area (Å²) in [6.07, 6.45) is 3.71. The predicted octanol–water partition coefficient (Wildman–Crippen LogP) is 2.13. The molecule has 2 aromatic carbocycles. The number of ether oxygens (including phenoxy) is 4. The van der Waals surface area contributed by atoms with Crippen LogP contribution >= 0.6 is 0 Å². The van der Waals surface area contributed by atoms with Crippen molar-refractivity contribution in [2.75, 3.05) is 39.8 Å².